The minimum Gasteiger partial charge on any atom is -0.256 e. The fraction of sp³-hybridized carbons (Fsp3) is 0.292. The summed E-state index contributed by atoms with van der Waals surface area (Å²) in [5.74, 6) is -1.91. The minimum absolute atomic E-state index is 0.130. The molecule has 0 atom stereocenters. The van der Waals surface area contributed by atoms with Crippen LogP contribution < -0.4 is 0 Å². The van der Waals surface area contributed by atoms with Crippen LogP contribution in [0.5, 0.6) is 0 Å². The van der Waals surface area contributed by atoms with Crippen molar-refractivity contribution in [2.75, 3.05) is 0 Å². The van der Waals surface area contributed by atoms with Crippen molar-refractivity contribution >= 4 is 0 Å². The lowest BCUT2D eigenvalue weighted by Gasteiger charge is -2.09. The monoisotopic (exact) mass is 383 g/mol. The summed E-state index contributed by atoms with van der Waals surface area (Å²) in [6, 6.07) is 11.7. The van der Waals surface area contributed by atoms with E-state index in [2.05, 4.69) is 11.9 Å². The summed E-state index contributed by atoms with van der Waals surface area (Å²) in [5, 5.41) is 0. The number of hydrogen-bond acceptors (Lipinski definition) is 1. The van der Waals surface area contributed by atoms with Gasteiger partial charge in [-0.2, -0.15) is 0 Å². The molecular weight excluding hydrogens is 359 g/mol. The lowest BCUT2D eigenvalue weighted by atomic mass is 10.0. The molecule has 0 fully saturated rings. The summed E-state index contributed by atoms with van der Waals surface area (Å²) in [5.41, 5.74) is 3.00. The summed E-state index contributed by atoms with van der Waals surface area (Å²) in [6.07, 6.45) is 5.49. The Morgan fingerprint density at radius 3 is 2.14 bits per heavy atom. The third kappa shape index (κ3) is 4.27. The molecule has 0 saturated heterocycles. The van der Waals surface area contributed by atoms with E-state index in [1.165, 1.54) is 6.07 Å². The molecule has 0 saturated carbocycles. The molecular formula is C24H24F3N. The number of rotatable bonds is 7. The maximum absolute atomic E-state index is 14.4. The van der Waals surface area contributed by atoms with E-state index >= 15 is 0 Å². The van der Waals surface area contributed by atoms with Crippen LogP contribution in [0.25, 0.3) is 22.4 Å². The molecule has 0 radical (unpaired) electrons. The van der Waals surface area contributed by atoms with Gasteiger partial charge in [0, 0.05) is 17.3 Å². The van der Waals surface area contributed by atoms with Gasteiger partial charge in [0.25, 0.3) is 0 Å². The number of unbranched alkanes of at least 4 members (excludes halogenated alkanes) is 1. The highest BCUT2D eigenvalue weighted by molar-refractivity contribution is 5.67. The highest BCUT2D eigenvalue weighted by Crippen LogP contribution is 2.28. The molecule has 0 bridgehead atoms. The summed E-state index contributed by atoms with van der Waals surface area (Å²) in [6.45, 7) is 4.00. The van der Waals surface area contributed by atoms with E-state index in [4.69, 9.17) is 0 Å². The van der Waals surface area contributed by atoms with Crippen LogP contribution in [0.15, 0.2) is 48.7 Å². The average molecular weight is 383 g/mol. The molecule has 1 aromatic heterocycles. The van der Waals surface area contributed by atoms with E-state index in [1.807, 2.05) is 13.0 Å². The Bertz CT molecular complexity index is 949. The Kier molecular flexibility index (Phi) is 6.50. The quantitative estimate of drug-likeness (QED) is 0.423. The van der Waals surface area contributed by atoms with Crippen molar-refractivity contribution in [2.24, 2.45) is 0 Å². The van der Waals surface area contributed by atoms with Crippen LogP contribution in [-0.4, -0.2) is 4.98 Å². The molecule has 0 unspecified atom stereocenters. The molecule has 1 heterocycles. The van der Waals surface area contributed by atoms with Crippen molar-refractivity contribution in [3.63, 3.8) is 0 Å². The first-order chi connectivity index (χ1) is 13.5. The van der Waals surface area contributed by atoms with Gasteiger partial charge in [0.05, 0.1) is 5.69 Å². The molecule has 0 spiro atoms. The highest BCUT2D eigenvalue weighted by Gasteiger charge is 2.15. The van der Waals surface area contributed by atoms with Crippen LogP contribution in [0.3, 0.4) is 0 Å². The van der Waals surface area contributed by atoms with Crippen LogP contribution in [-0.2, 0) is 12.8 Å². The summed E-state index contributed by atoms with van der Waals surface area (Å²) in [4.78, 5) is 4.28. The van der Waals surface area contributed by atoms with E-state index in [9.17, 15) is 13.2 Å². The zero-order valence-corrected chi connectivity index (χ0v) is 16.2. The number of aryl methyl sites for hydroxylation is 2. The first-order valence-electron chi connectivity index (χ1n) is 9.77. The van der Waals surface area contributed by atoms with Crippen molar-refractivity contribution in [1.82, 2.24) is 4.98 Å². The fourth-order valence-corrected chi connectivity index (χ4v) is 3.27. The highest BCUT2D eigenvalue weighted by atomic mass is 19.2. The van der Waals surface area contributed by atoms with E-state index in [-0.39, 0.29) is 11.4 Å². The van der Waals surface area contributed by atoms with Gasteiger partial charge in [-0.3, -0.25) is 4.98 Å². The standard InChI is InChI=1S/C24H24F3N/c1-3-5-7-16-8-9-18(14-21(16)25)19-11-13-22(28-15-19)20-12-10-17(6-4-2)23(26)24(20)27/h8-15H,3-7H2,1-2H3. The maximum atomic E-state index is 14.4. The molecule has 3 rings (SSSR count). The Morgan fingerprint density at radius 2 is 1.50 bits per heavy atom. The van der Waals surface area contributed by atoms with Gasteiger partial charge in [-0.25, -0.2) is 13.2 Å². The molecule has 0 N–H and O–H groups in total. The van der Waals surface area contributed by atoms with Gasteiger partial charge in [-0.15, -0.1) is 0 Å². The smallest absolute Gasteiger partial charge is 0.168 e. The zero-order chi connectivity index (χ0) is 20.1. The average Bonchev–Trinajstić information content (AvgIpc) is 2.71. The van der Waals surface area contributed by atoms with Gasteiger partial charge in [0.1, 0.15) is 5.82 Å². The van der Waals surface area contributed by atoms with Crippen molar-refractivity contribution in [2.45, 2.75) is 46.0 Å². The topological polar surface area (TPSA) is 12.9 Å². The molecule has 146 valence electrons. The van der Waals surface area contributed by atoms with Gasteiger partial charge in [0.2, 0.25) is 0 Å². The lowest BCUT2D eigenvalue weighted by molar-refractivity contribution is 0.500. The van der Waals surface area contributed by atoms with Gasteiger partial charge in [-0.05, 0) is 54.2 Å². The summed E-state index contributed by atoms with van der Waals surface area (Å²) < 4.78 is 42.9. The minimum atomic E-state index is -0.877. The molecule has 28 heavy (non-hydrogen) atoms. The lowest BCUT2D eigenvalue weighted by Crippen LogP contribution is -1.98. The van der Waals surface area contributed by atoms with Gasteiger partial charge < -0.3 is 0 Å². The fourth-order valence-electron chi connectivity index (χ4n) is 3.27. The van der Waals surface area contributed by atoms with Crippen LogP contribution in [0.4, 0.5) is 13.2 Å². The molecule has 0 aliphatic heterocycles. The number of nitrogens with zero attached hydrogens (tertiary/aromatic N) is 1. The van der Waals surface area contributed by atoms with Crippen LogP contribution in [0.1, 0.15) is 44.2 Å². The molecule has 2 aromatic carbocycles. The van der Waals surface area contributed by atoms with E-state index < -0.39 is 11.6 Å². The van der Waals surface area contributed by atoms with Crippen molar-refractivity contribution in [3.05, 3.63) is 77.2 Å². The van der Waals surface area contributed by atoms with Crippen LogP contribution in [0, 0.1) is 17.5 Å². The van der Waals surface area contributed by atoms with Crippen molar-refractivity contribution < 1.29 is 13.2 Å². The van der Waals surface area contributed by atoms with Crippen LogP contribution >= 0.6 is 0 Å². The summed E-state index contributed by atoms with van der Waals surface area (Å²) >= 11 is 0. The predicted molar refractivity (Wildman–Crippen MR) is 108 cm³/mol. The second kappa shape index (κ2) is 9.05. The first kappa shape index (κ1) is 20.1. The number of halogens is 3. The molecule has 4 heteroatoms. The maximum Gasteiger partial charge on any atom is 0.168 e. The Hall–Kier alpha value is -2.62. The Morgan fingerprint density at radius 1 is 0.750 bits per heavy atom. The third-order valence-corrected chi connectivity index (χ3v) is 4.91. The second-order valence-electron chi connectivity index (χ2n) is 6.99. The normalized spacial score (nSPS) is 11.0. The van der Waals surface area contributed by atoms with Gasteiger partial charge in [-0.1, -0.05) is 51.0 Å². The van der Waals surface area contributed by atoms with E-state index in [0.29, 0.717) is 28.8 Å². The molecule has 0 aliphatic carbocycles. The molecule has 3 aromatic rings. The van der Waals surface area contributed by atoms with E-state index in [0.717, 1.165) is 31.2 Å². The summed E-state index contributed by atoms with van der Waals surface area (Å²) in [7, 11) is 0. The second-order valence-corrected chi connectivity index (χ2v) is 6.99. The molecule has 0 aliphatic rings. The Balaban J connectivity index is 1.86. The zero-order valence-electron chi connectivity index (χ0n) is 16.2. The first-order valence-corrected chi connectivity index (χ1v) is 9.77. The number of pyridine rings is 1. The largest absolute Gasteiger partial charge is 0.256 e. The van der Waals surface area contributed by atoms with Crippen molar-refractivity contribution in [3.8, 4) is 22.4 Å². The Labute approximate surface area is 164 Å². The number of benzene rings is 2. The third-order valence-electron chi connectivity index (χ3n) is 4.91. The van der Waals surface area contributed by atoms with E-state index in [1.54, 1.807) is 36.5 Å². The predicted octanol–water partition coefficient (Wildman–Crippen LogP) is 7.13. The molecule has 0 amide bonds. The van der Waals surface area contributed by atoms with Crippen molar-refractivity contribution in [1.29, 1.82) is 0 Å². The number of hydrogen-bond donors (Lipinski definition) is 0. The molecule has 1 nitrogen and oxygen atoms in total. The van der Waals surface area contributed by atoms with Gasteiger partial charge in [0.15, 0.2) is 11.6 Å². The SMILES string of the molecule is CCCCc1ccc(-c2ccc(-c3ccc(CCC)c(F)c3F)nc2)cc1F. The van der Waals surface area contributed by atoms with Gasteiger partial charge >= 0.3 is 0 Å². The van der Waals surface area contributed by atoms with Crippen LogP contribution in [0.2, 0.25) is 0 Å². The number of aromatic nitrogens is 1.